The molecule has 1 atom stereocenters. The van der Waals surface area contributed by atoms with E-state index in [1.807, 2.05) is 20.8 Å². The van der Waals surface area contributed by atoms with Crippen molar-refractivity contribution in [1.82, 2.24) is 5.32 Å². The van der Waals surface area contributed by atoms with Crippen molar-refractivity contribution >= 4 is 12.1 Å². The van der Waals surface area contributed by atoms with Gasteiger partial charge in [0.1, 0.15) is 11.7 Å². The lowest BCUT2D eigenvalue weighted by atomic mass is 10.1. The minimum Gasteiger partial charge on any atom is -0.462 e. The van der Waals surface area contributed by atoms with Crippen molar-refractivity contribution in [3.8, 4) is 0 Å². The van der Waals surface area contributed by atoms with Gasteiger partial charge in [0.15, 0.2) is 0 Å². The second kappa shape index (κ2) is 9.70. The van der Waals surface area contributed by atoms with Crippen LogP contribution in [0.15, 0.2) is 0 Å². The first-order chi connectivity index (χ1) is 10.4. The van der Waals surface area contributed by atoms with Crippen LogP contribution in [0.2, 0.25) is 0 Å². The molecule has 1 N–H and O–H groups in total. The highest BCUT2D eigenvalue weighted by Crippen LogP contribution is 2.19. The number of hydrogen-bond donors (Lipinski definition) is 1. The van der Waals surface area contributed by atoms with Gasteiger partial charge in [-0.3, -0.25) is 4.79 Å². The van der Waals surface area contributed by atoms with Gasteiger partial charge in [0.2, 0.25) is 0 Å². The van der Waals surface area contributed by atoms with Crippen LogP contribution >= 0.6 is 0 Å². The number of amides is 1. The maximum Gasteiger partial charge on any atom is 0.407 e. The lowest BCUT2D eigenvalue weighted by Crippen LogP contribution is -2.32. The number of cyclic esters (lactones) is 1. The third kappa shape index (κ3) is 9.64. The predicted octanol–water partition coefficient (Wildman–Crippen LogP) is 3.95. The molecule has 0 bridgehead atoms. The lowest BCUT2D eigenvalue weighted by Gasteiger charge is -2.19. The zero-order valence-corrected chi connectivity index (χ0v) is 14.3. The first-order valence-corrected chi connectivity index (χ1v) is 8.53. The summed E-state index contributed by atoms with van der Waals surface area (Å²) in [6, 6.07) is 0. The van der Waals surface area contributed by atoms with Crippen molar-refractivity contribution in [2.24, 2.45) is 0 Å². The Balaban J connectivity index is 1.83. The van der Waals surface area contributed by atoms with Gasteiger partial charge in [-0.15, -0.1) is 0 Å². The molecule has 0 aromatic heterocycles. The van der Waals surface area contributed by atoms with Crippen molar-refractivity contribution < 1.29 is 19.1 Å². The van der Waals surface area contributed by atoms with Crippen molar-refractivity contribution in [3.05, 3.63) is 0 Å². The van der Waals surface area contributed by atoms with E-state index in [1.165, 1.54) is 19.3 Å². The van der Waals surface area contributed by atoms with Crippen LogP contribution in [0.5, 0.6) is 0 Å². The van der Waals surface area contributed by atoms with Gasteiger partial charge in [0, 0.05) is 13.0 Å². The molecular formula is C17H31NO4. The Labute approximate surface area is 134 Å². The van der Waals surface area contributed by atoms with Gasteiger partial charge in [0.05, 0.1) is 0 Å². The SMILES string of the molecule is CC(C)(C)OC(=O)NCCCCCCCC[C@H]1CCC(=O)O1. The number of carbonyl (C=O) groups excluding carboxylic acids is 2. The minimum atomic E-state index is -0.433. The molecule has 22 heavy (non-hydrogen) atoms. The highest BCUT2D eigenvalue weighted by Gasteiger charge is 2.22. The fraction of sp³-hybridized carbons (Fsp3) is 0.882. The minimum absolute atomic E-state index is 0.0394. The van der Waals surface area contributed by atoms with E-state index in [2.05, 4.69) is 5.32 Å². The molecule has 0 unspecified atom stereocenters. The molecule has 0 aliphatic carbocycles. The number of alkyl carbamates (subject to hydrolysis) is 1. The Morgan fingerprint density at radius 3 is 2.41 bits per heavy atom. The summed E-state index contributed by atoms with van der Waals surface area (Å²) in [7, 11) is 0. The molecule has 1 amide bonds. The van der Waals surface area contributed by atoms with E-state index in [4.69, 9.17) is 9.47 Å². The zero-order valence-electron chi connectivity index (χ0n) is 14.3. The number of hydrogen-bond acceptors (Lipinski definition) is 4. The van der Waals surface area contributed by atoms with Crippen LogP contribution < -0.4 is 5.32 Å². The summed E-state index contributed by atoms with van der Waals surface area (Å²) in [6.07, 6.45) is 9.14. The summed E-state index contributed by atoms with van der Waals surface area (Å²) in [5, 5.41) is 2.77. The average Bonchev–Trinajstić information content (AvgIpc) is 2.80. The summed E-state index contributed by atoms with van der Waals surface area (Å²) in [5.74, 6) is -0.0394. The Morgan fingerprint density at radius 1 is 1.18 bits per heavy atom. The van der Waals surface area contributed by atoms with Crippen LogP contribution in [0.1, 0.15) is 78.6 Å². The molecule has 5 heteroatoms. The van der Waals surface area contributed by atoms with Crippen molar-refractivity contribution in [1.29, 1.82) is 0 Å². The fourth-order valence-electron chi connectivity index (χ4n) is 2.49. The third-order valence-corrected chi connectivity index (χ3v) is 3.59. The second-order valence-electron chi connectivity index (χ2n) is 6.99. The van der Waals surface area contributed by atoms with Crippen LogP contribution in [0, 0.1) is 0 Å². The van der Waals surface area contributed by atoms with Gasteiger partial charge in [-0.05, 0) is 46.5 Å². The quantitative estimate of drug-likeness (QED) is 0.517. The van der Waals surface area contributed by atoms with Crippen molar-refractivity contribution in [3.63, 3.8) is 0 Å². The normalized spacial score (nSPS) is 18.1. The molecule has 0 aromatic rings. The van der Waals surface area contributed by atoms with E-state index in [-0.39, 0.29) is 18.2 Å². The molecular weight excluding hydrogens is 282 g/mol. The van der Waals surface area contributed by atoms with Gasteiger partial charge >= 0.3 is 12.1 Å². The zero-order chi connectivity index (χ0) is 16.4. The van der Waals surface area contributed by atoms with Crippen LogP contribution in [0.3, 0.4) is 0 Å². The second-order valence-corrected chi connectivity index (χ2v) is 6.99. The highest BCUT2D eigenvalue weighted by atomic mass is 16.6. The van der Waals surface area contributed by atoms with E-state index in [9.17, 15) is 9.59 Å². The van der Waals surface area contributed by atoms with Crippen molar-refractivity contribution in [2.75, 3.05) is 6.54 Å². The number of rotatable bonds is 9. The molecule has 1 rings (SSSR count). The fourth-order valence-corrected chi connectivity index (χ4v) is 2.49. The predicted molar refractivity (Wildman–Crippen MR) is 85.7 cm³/mol. The van der Waals surface area contributed by atoms with Crippen molar-refractivity contribution in [2.45, 2.75) is 90.3 Å². The smallest absolute Gasteiger partial charge is 0.407 e. The first kappa shape index (κ1) is 18.8. The Morgan fingerprint density at radius 2 is 1.82 bits per heavy atom. The standard InChI is InChI=1S/C17H31NO4/c1-17(2,3)22-16(20)18-13-9-7-5-4-6-8-10-14-11-12-15(19)21-14/h14H,4-13H2,1-3H3,(H,18,20)/t14-/m0/s1. The largest absolute Gasteiger partial charge is 0.462 e. The monoisotopic (exact) mass is 313 g/mol. The van der Waals surface area contributed by atoms with Gasteiger partial charge < -0.3 is 14.8 Å². The van der Waals surface area contributed by atoms with Gasteiger partial charge in [-0.25, -0.2) is 4.79 Å². The average molecular weight is 313 g/mol. The molecule has 1 aliphatic rings. The molecule has 1 fully saturated rings. The molecule has 0 saturated carbocycles. The van der Waals surface area contributed by atoms with Gasteiger partial charge in [0.25, 0.3) is 0 Å². The summed E-state index contributed by atoms with van der Waals surface area (Å²) in [4.78, 5) is 22.4. The number of nitrogens with one attached hydrogen (secondary N) is 1. The Hall–Kier alpha value is -1.26. The number of esters is 1. The molecule has 5 nitrogen and oxygen atoms in total. The molecule has 0 spiro atoms. The van der Waals surface area contributed by atoms with Crippen LogP contribution in [-0.4, -0.2) is 30.3 Å². The third-order valence-electron chi connectivity index (χ3n) is 3.59. The number of carbonyl (C=O) groups is 2. The van der Waals surface area contributed by atoms with E-state index >= 15 is 0 Å². The maximum atomic E-state index is 11.4. The van der Waals surface area contributed by atoms with Crippen LogP contribution in [0.4, 0.5) is 4.79 Å². The molecule has 1 saturated heterocycles. The Bertz CT molecular complexity index is 349. The topological polar surface area (TPSA) is 64.6 Å². The molecule has 128 valence electrons. The van der Waals surface area contributed by atoms with Gasteiger partial charge in [-0.1, -0.05) is 25.7 Å². The Kier molecular flexibility index (Phi) is 8.28. The van der Waals surface area contributed by atoms with E-state index in [0.29, 0.717) is 13.0 Å². The number of ether oxygens (including phenoxy) is 2. The van der Waals surface area contributed by atoms with E-state index in [1.54, 1.807) is 0 Å². The summed E-state index contributed by atoms with van der Waals surface area (Å²) >= 11 is 0. The van der Waals surface area contributed by atoms with Crippen LogP contribution in [-0.2, 0) is 14.3 Å². The maximum absolute atomic E-state index is 11.4. The number of unbranched alkanes of at least 4 members (excludes halogenated alkanes) is 5. The van der Waals surface area contributed by atoms with E-state index < -0.39 is 5.60 Å². The van der Waals surface area contributed by atoms with E-state index in [0.717, 1.165) is 32.1 Å². The first-order valence-electron chi connectivity index (χ1n) is 8.53. The van der Waals surface area contributed by atoms with Crippen LogP contribution in [0.25, 0.3) is 0 Å². The molecule has 1 heterocycles. The molecule has 1 aliphatic heterocycles. The molecule has 0 aromatic carbocycles. The lowest BCUT2D eigenvalue weighted by molar-refractivity contribution is -0.141. The highest BCUT2D eigenvalue weighted by molar-refractivity contribution is 5.71. The van der Waals surface area contributed by atoms with Gasteiger partial charge in [-0.2, -0.15) is 0 Å². The summed E-state index contributed by atoms with van der Waals surface area (Å²) < 4.78 is 10.4. The summed E-state index contributed by atoms with van der Waals surface area (Å²) in [6.45, 7) is 6.25. The summed E-state index contributed by atoms with van der Waals surface area (Å²) in [5.41, 5.74) is -0.433. The molecule has 0 radical (unpaired) electrons.